The van der Waals surface area contributed by atoms with Gasteiger partial charge in [0.1, 0.15) is 5.76 Å². The Morgan fingerprint density at radius 1 is 1.47 bits per heavy atom. The molecular formula is C11H14N4O2. The Bertz CT molecular complexity index is 566. The summed E-state index contributed by atoms with van der Waals surface area (Å²) in [5.41, 5.74) is 0.684. The lowest BCUT2D eigenvalue weighted by molar-refractivity contribution is 0.478. The summed E-state index contributed by atoms with van der Waals surface area (Å²) in [5, 5.41) is 2.91. The summed E-state index contributed by atoms with van der Waals surface area (Å²) in [5.74, 6) is 1.63. The SMILES string of the molecule is Cc1nc(CNc2nccn(C)c2=O)oc1C. The second-order valence-electron chi connectivity index (χ2n) is 3.79. The molecule has 2 heterocycles. The standard InChI is InChI=1S/C11H14N4O2/c1-7-8(2)17-9(14-7)6-13-10-11(16)15(3)5-4-12-10/h4-5H,6H2,1-3H3,(H,12,13). The predicted molar refractivity (Wildman–Crippen MR) is 62.8 cm³/mol. The van der Waals surface area contributed by atoms with Gasteiger partial charge in [0.15, 0.2) is 5.82 Å². The van der Waals surface area contributed by atoms with Crippen LogP contribution in [-0.2, 0) is 13.6 Å². The number of oxazole rings is 1. The van der Waals surface area contributed by atoms with Gasteiger partial charge in [-0.1, -0.05) is 0 Å². The van der Waals surface area contributed by atoms with Crippen LogP contribution in [0.3, 0.4) is 0 Å². The van der Waals surface area contributed by atoms with Crippen molar-refractivity contribution in [2.24, 2.45) is 7.05 Å². The van der Waals surface area contributed by atoms with Crippen molar-refractivity contribution in [3.05, 3.63) is 40.1 Å². The molecule has 17 heavy (non-hydrogen) atoms. The summed E-state index contributed by atoms with van der Waals surface area (Å²) >= 11 is 0. The van der Waals surface area contributed by atoms with E-state index in [0.29, 0.717) is 18.3 Å². The fourth-order valence-electron chi connectivity index (χ4n) is 1.39. The average molecular weight is 234 g/mol. The molecule has 0 spiro atoms. The third-order valence-corrected chi connectivity index (χ3v) is 2.50. The van der Waals surface area contributed by atoms with Gasteiger partial charge in [0, 0.05) is 19.4 Å². The molecule has 0 aromatic carbocycles. The second kappa shape index (κ2) is 4.40. The molecule has 1 N–H and O–H groups in total. The highest BCUT2D eigenvalue weighted by Gasteiger charge is 2.07. The molecule has 6 nitrogen and oxygen atoms in total. The zero-order valence-electron chi connectivity index (χ0n) is 10.0. The lowest BCUT2D eigenvalue weighted by Crippen LogP contribution is -2.21. The Balaban J connectivity index is 2.12. The van der Waals surface area contributed by atoms with E-state index >= 15 is 0 Å². The lowest BCUT2D eigenvalue weighted by Gasteiger charge is -2.03. The van der Waals surface area contributed by atoms with Crippen molar-refractivity contribution in [1.29, 1.82) is 0 Å². The third-order valence-electron chi connectivity index (χ3n) is 2.50. The van der Waals surface area contributed by atoms with Crippen LogP contribution in [-0.4, -0.2) is 14.5 Å². The molecule has 0 amide bonds. The minimum atomic E-state index is -0.174. The van der Waals surface area contributed by atoms with Crippen LogP contribution < -0.4 is 10.9 Å². The van der Waals surface area contributed by atoms with Crippen LogP contribution in [0.2, 0.25) is 0 Å². The van der Waals surface area contributed by atoms with Crippen molar-refractivity contribution in [1.82, 2.24) is 14.5 Å². The summed E-state index contributed by atoms with van der Waals surface area (Å²) in [7, 11) is 1.68. The van der Waals surface area contributed by atoms with Gasteiger partial charge in [-0.2, -0.15) is 0 Å². The largest absolute Gasteiger partial charge is 0.444 e. The zero-order chi connectivity index (χ0) is 12.4. The van der Waals surface area contributed by atoms with Crippen molar-refractivity contribution < 1.29 is 4.42 Å². The van der Waals surface area contributed by atoms with Gasteiger partial charge in [0.2, 0.25) is 5.89 Å². The van der Waals surface area contributed by atoms with E-state index in [1.165, 1.54) is 4.57 Å². The first-order valence-electron chi connectivity index (χ1n) is 5.26. The molecule has 90 valence electrons. The molecule has 2 aromatic rings. The number of nitrogens with one attached hydrogen (secondary N) is 1. The minimum absolute atomic E-state index is 0.174. The molecule has 0 aliphatic carbocycles. The van der Waals surface area contributed by atoms with E-state index in [0.717, 1.165) is 11.5 Å². The Kier molecular flexibility index (Phi) is 2.95. The molecule has 0 aliphatic rings. The molecule has 0 unspecified atom stereocenters. The first kappa shape index (κ1) is 11.4. The number of anilines is 1. The van der Waals surface area contributed by atoms with Gasteiger partial charge >= 0.3 is 0 Å². The van der Waals surface area contributed by atoms with E-state index < -0.39 is 0 Å². The first-order valence-corrected chi connectivity index (χ1v) is 5.26. The molecule has 0 bridgehead atoms. The molecule has 0 saturated carbocycles. The highest BCUT2D eigenvalue weighted by atomic mass is 16.4. The number of hydrogen-bond donors (Lipinski definition) is 1. The number of aryl methyl sites for hydroxylation is 3. The summed E-state index contributed by atoms with van der Waals surface area (Å²) in [6.45, 7) is 4.08. The molecule has 2 aromatic heterocycles. The highest BCUT2D eigenvalue weighted by Crippen LogP contribution is 2.08. The fraction of sp³-hybridized carbons (Fsp3) is 0.364. The molecule has 0 fully saturated rings. The van der Waals surface area contributed by atoms with E-state index in [2.05, 4.69) is 15.3 Å². The average Bonchev–Trinajstić information content (AvgIpc) is 2.61. The van der Waals surface area contributed by atoms with Gasteiger partial charge in [-0.25, -0.2) is 9.97 Å². The van der Waals surface area contributed by atoms with E-state index in [-0.39, 0.29) is 5.56 Å². The van der Waals surface area contributed by atoms with Crippen LogP contribution in [0.25, 0.3) is 0 Å². The number of rotatable bonds is 3. The fourth-order valence-corrected chi connectivity index (χ4v) is 1.39. The lowest BCUT2D eigenvalue weighted by atomic mass is 10.4. The van der Waals surface area contributed by atoms with Gasteiger partial charge < -0.3 is 14.3 Å². The maximum atomic E-state index is 11.6. The number of nitrogens with zero attached hydrogens (tertiary/aromatic N) is 3. The van der Waals surface area contributed by atoms with Crippen molar-refractivity contribution in [3.63, 3.8) is 0 Å². The van der Waals surface area contributed by atoms with Gasteiger partial charge in [-0.3, -0.25) is 4.79 Å². The van der Waals surface area contributed by atoms with Crippen molar-refractivity contribution >= 4 is 5.82 Å². The van der Waals surface area contributed by atoms with Crippen molar-refractivity contribution in [3.8, 4) is 0 Å². The molecule has 0 atom stereocenters. The molecule has 2 rings (SSSR count). The first-order chi connectivity index (χ1) is 8.08. The van der Waals surface area contributed by atoms with Crippen LogP contribution >= 0.6 is 0 Å². The highest BCUT2D eigenvalue weighted by molar-refractivity contribution is 5.30. The Hall–Kier alpha value is -2.11. The number of aromatic nitrogens is 3. The summed E-state index contributed by atoms with van der Waals surface area (Å²) in [6, 6.07) is 0. The predicted octanol–water partition coefficient (Wildman–Crippen LogP) is 0.997. The molecule has 0 saturated heterocycles. The summed E-state index contributed by atoms with van der Waals surface area (Å²) in [6.07, 6.45) is 3.17. The van der Waals surface area contributed by atoms with Crippen LogP contribution in [0, 0.1) is 13.8 Å². The van der Waals surface area contributed by atoms with E-state index in [9.17, 15) is 4.79 Å². The summed E-state index contributed by atoms with van der Waals surface area (Å²) in [4.78, 5) is 19.8. The minimum Gasteiger partial charge on any atom is -0.444 e. The van der Waals surface area contributed by atoms with Gasteiger partial charge in [0.25, 0.3) is 5.56 Å². The third kappa shape index (κ3) is 2.35. The molecule has 6 heteroatoms. The number of hydrogen-bond acceptors (Lipinski definition) is 5. The van der Waals surface area contributed by atoms with Gasteiger partial charge in [-0.05, 0) is 13.8 Å². The van der Waals surface area contributed by atoms with Crippen molar-refractivity contribution in [2.45, 2.75) is 20.4 Å². The normalized spacial score (nSPS) is 10.5. The van der Waals surface area contributed by atoms with E-state index in [4.69, 9.17) is 4.42 Å². The Morgan fingerprint density at radius 2 is 2.24 bits per heavy atom. The van der Waals surface area contributed by atoms with Crippen molar-refractivity contribution in [2.75, 3.05) is 5.32 Å². The quantitative estimate of drug-likeness (QED) is 0.857. The Morgan fingerprint density at radius 3 is 2.88 bits per heavy atom. The topological polar surface area (TPSA) is 73.0 Å². The van der Waals surface area contributed by atoms with Gasteiger partial charge in [0.05, 0.1) is 12.2 Å². The summed E-state index contributed by atoms with van der Waals surface area (Å²) < 4.78 is 6.86. The maximum Gasteiger partial charge on any atom is 0.293 e. The maximum absolute atomic E-state index is 11.6. The Labute approximate surface area is 98.3 Å². The van der Waals surface area contributed by atoms with E-state index in [1.54, 1.807) is 19.4 Å². The second-order valence-corrected chi connectivity index (χ2v) is 3.79. The van der Waals surface area contributed by atoms with Gasteiger partial charge in [-0.15, -0.1) is 0 Å². The monoisotopic (exact) mass is 234 g/mol. The molecule has 0 radical (unpaired) electrons. The zero-order valence-corrected chi connectivity index (χ0v) is 10.0. The van der Waals surface area contributed by atoms with Crippen LogP contribution in [0.5, 0.6) is 0 Å². The van der Waals surface area contributed by atoms with E-state index in [1.807, 2.05) is 13.8 Å². The smallest absolute Gasteiger partial charge is 0.293 e. The van der Waals surface area contributed by atoms with Crippen LogP contribution in [0.1, 0.15) is 17.3 Å². The molecular weight excluding hydrogens is 220 g/mol. The molecule has 0 aliphatic heterocycles. The van der Waals surface area contributed by atoms with Crippen LogP contribution in [0.4, 0.5) is 5.82 Å². The van der Waals surface area contributed by atoms with Crippen LogP contribution in [0.15, 0.2) is 21.6 Å².